The Labute approximate surface area is 116 Å². The smallest absolute Gasteiger partial charge is 0.328 e. The first-order valence-electron chi connectivity index (χ1n) is 6.70. The van der Waals surface area contributed by atoms with Gasteiger partial charge in [0, 0.05) is 26.2 Å². The third-order valence-corrected chi connectivity index (χ3v) is 3.29. The molecule has 0 bridgehead atoms. The number of benzene rings is 1. The number of rotatable bonds is 4. The Hall–Kier alpha value is -1.53. The molecular weight excluding hydrogens is 266 g/mol. The molecule has 110 valence electrons. The van der Waals surface area contributed by atoms with Crippen molar-refractivity contribution in [2.24, 2.45) is 0 Å². The second-order valence-corrected chi connectivity index (χ2v) is 4.61. The highest BCUT2D eigenvalue weighted by molar-refractivity contribution is 5.77. The molecule has 1 aromatic carbocycles. The minimum atomic E-state index is -0.952. The Balaban J connectivity index is 2.28. The maximum atomic E-state index is 13.4. The standard InChI is InChI=1S/C14H18F2N2O2/c1-2-20-14(19)13(18-7-5-17-6-8-18)10-3-4-11(15)12(16)9-10/h3-4,9,13,17H,2,5-8H2,1H3. The summed E-state index contributed by atoms with van der Waals surface area (Å²) in [6, 6.07) is 2.85. The molecular formula is C14H18F2N2O2. The number of hydrogen-bond donors (Lipinski definition) is 1. The van der Waals surface area contributed by atoms with Gasteiger partial charge in [-0.1, -0.05) is 6.07 Å². The molecule has 1 aromatic rings. The van der Waals surface area contributed by atoms with E-state index in [2.05, 4.69) is 5.32 Å². The third kappa shape index (κ3) is 3.32. The molecule has 0 amide bonds. The normalized spacial score (nSPS) is 17.8. The second kappa shape index (κ2) is 6.76. The predicted molar refractivity (Wildman–Crippen MR) is 70.2 cm³/mol. The molecule has 0 saturated carbocycles. The van der Waals surface area contributed by atoms with Crippen LogP contribution in [0.25, 0.3) is 0 Å². The van der Waals surface area contributed by atoms with Crippen molar-refractivity contribution in [3.8, 4) is 0 Å². The van der Waals surface area contributed by atoms with E-state index in [-0.39, 0.29) is 6.61 Å². The minimum absolute atomic E-state index is 0.255. The number of piperazine rings is 1. The van der Waals surface area contributed by atoms with Crippen LogP contribution in [0.3, 0.4) is 0 Å². The fourth-order valence-electron chi connectivity index (χ4n) is 2.34. The van der Waals surface area contributed by atoms with Crippen molar-refractivity contribution in [2.75, 3.05) is 32.8 Å². The first-order valence-corrected chi connectivity index (χ1v) is 6.70. The van der Waals surface area contributed by atoms with Gasteiger partial charge in [0.25, 0.3) is 0 Å². The van der Waals surface area contributed by atoms with Crippen molar-refractivity contribution in [1.29, 1.82) is 0 Å². The monoisotopic (exact) mass is 284 g/mol. The average Bonchev–Trinajstić information content (AvgIpc) is 2.44. The summed E-state index contributed by atoms with van der Waals surface area (Å²) in [6.45, 7) is 4.78. The maximum absolute atomic E-state index is 13.4. The van der Waals surface area contributed by atoms with Gasteiger partial charge in [0.1, 0.15) is 6.04 Å². The SMILES string of the molecule is CCOC(=O)C(c1ccc(F)c(F)c1)N1CCNCC1. The van der Waals surface area contributed by atoms with Gasteiger partial charge < -0.3 is 10.1 Å². The van der Waals surface area contributed by atoms with E-state index in [1.165, 1.54) is 6.07 Å². The number of halogens is 2. The van der Waals surface area contributed by atoms with Crippen LogP contribution in [0.4, 0.5) is 8.78 Å². The van der Waals surface area contributed by atoms with E-state index in [1.54, 1.807) is 6.92 Å². The third-order valence-electron chi connectivity index (χ3n) is 3.29. The molecule has 1 aliphatic heterocycles. The molecule has 0 radical (unpaired) electrons. The minimum Gasteiger partial charge on any atom is -0.465 e. The Morgan fingerprint density at radius 2 is 2.05 bits per heavy atom. The summed E-state index contributed by atoms with van der Waals surface area (Å²) in [5, 5.41) is 3.18. The summed E-state index contributed by atoms with van der Waals surface area (Å²) in [5.41, 5.74) is 0.421. The Bertz CT molecular complexity index is 476. The Kier molecular flexibility index (Phi) is 5.03. The number of hydrogen-bond acceptors (Lipinski definition) is 4. The van der Waals surface area contributed by atoms with Crippen LogP contribution in [0.15, 0.2) is 18.2 Å². The first kappa shape index (κ1) is 14.9. The number of ether oxygens (including phenoxy) is 1. The van der Waals surface area contributed by atoms with Crippen molar-refractivity contribution >= 4 is 5.97 Å². The fourth-order valence-corrected chi connectivity index (χ4v) is 2.34. The number of carbonyl (C=O) groups excluding carboxylic acids is 1. The van der Waals surface area contributed by atoms with Crippen LogP contribution in [0.5, 0.6) is 0 Å². The summed E-state index contributed by atoms with van der Waals surface area (Å²) in [4.78, 5) is 14.1. The second-order valence-electron chi connectivity index (χ2n) is 4.61. The summed E-state index contributed by atoms with van der Waals surface area (Å²) >= 11 is 0. The van der Waals surface area contributed by atoms with E-state index in [0.717, 1.165) is 25.2 Å². The largest absolute Gasteiger partial charge is 0.465 e. The highest BCUT2D eigenvalue weighted by Gasteiger charge is 2.30. The zero-order valence-corrected chi connectivity index (χ0v) is 11.4. The molecule has 20 heavy (non-hydrogen) atoms. The van der Waals surface area contributed by atoms with Gasteiger partial charge >= 0.3 is 5.97 Å². The van der Waals surface area contributed by atoms with Crippen LogP contribution in [0.2, 0.25) is 0 Å². The van der Waals surface area contributed by atoms with E-state index in [0.29, 0.717) is 18.7 Å². The first-order chi connectivity index (χ1) is 9.63. The van der Waals surface area contributed by atoms with Gasteiger partial charge in [-0.05, 0) is 24.6 Å². The maximum Gasteiger partial charge on any atom is 0.328 e. The fraction of sp³-hybridized carbons (Fsp3) is 0.500. The number of nitrogens with one attached hydrogen (secondary N) is 1. The summed E-state index contributed by atoms with van der Waals surface area (Å²) in [5.74, 6) is -2.30. The molecule has 4 nitrogen and oxygen atoms in total. The van der Waals surface area contributed by atoms with E-state index in [9.17, 15) is 13.6 Å². The van der Waals surface area contributed by atoms with Crippen LogP contribution in [0, 0.1) is 11.6 Å². The highest BCUT2D eigenvalue weighted by atomic mass is 19.2. The van der Waals surface area contributed by atoms with E-state index < -0.39 is 23.6 Å². The molecule has 1 unspecified atom stereocenters. The van der Waals surface area contributed by atoms with E-state index >= 15 is 0 Å². The molecule has 0 aromatic heterocycles. The lowest BCUT2D eigenvalue weighted by atomic mass is 10.0. The average molecular weight is 284 g/mol. The molecule has 2 rings (SSSR count). The van der Waals surface area contributed by atoms with Crippen LogP contribution < -0.4 is 5.32 Å². The van der Waals surface area contributed by atoms with Crippen LogP contribution in [0.1, 0.15) is 18.5 Å². The lowest BCUT2D eigenvalue weighted by Crippen LogP contribution is -2.47. The zero-order chi connectivity index (χ0) is 14.5. The number of esters is 1. The van der Waals surface area contributed by atoms with Crippen LogP contribution in [-0.2, 0) is 9.53 Å². The molecule has 1 heterocycles. The van der Waals surface area contributed by atoms with Gasteiger partial charge in [0.05, 0.1) is 6.61 Å². The summed E-state index contributed by atoms with van der Waals surface area (Å²) in [7, 11) is 0. The lowest BCUT2D eigenvalue weighted by Gasteiger charge is -2.33. The Morgan fingerprint density at radius 1 is 1.35 bits per heavy atom. The van der Waals surface area contributed by atoms with Gasteiger partial charge in [-0.15, -0.1) is 0 Å². The molecule has 1 aliphatic rings. The van der Waals surface area contributed by atoms with Gasteiger partial charge in [-0.25, -0.2) is 13.6 Å². The van der Waals surface area contributed by atoms with Crippen molar-refractivity contribution in [2.45, 2.75) is 13.0 Å². The van der Waals surface area contributed by atoms with Crippen LogP contribution in [-0.4, -0.2) is 43.7 Å². The van der Waals surface area contributed by atoms with Gasteiger partial charge in [0.2, 0.25) is 0 Å². The van der Waals surface area contributed by atoms with Crippen molar-refractivity contribution in [1.82, 2.24) is 10.2 Å². The molecule has 0 aliphatic carbocycles. The molecule has 0 spiro atoms. The van der Waals surface area contributed by atoms with Crippen molar-refractivity contribution < 1.29 is 18.3 Å². The quantitative estimate of drug-likeness (QED) is 0.850. The van der Waals surface area contributed by atoms with Gasteiger partial charge in [-0.3, -0.25) is 4.90 Å². The highest BCUT2D eigenvalue weighted by Crippen LogP contribution is 2.24. The predicted octanol–water partition coefficient (Wildman–Crippen LogP) is 1.47. The summed E-state index contributed by atoms with van der Waals surface area (Å²) in [6.07, 6.45) is 0. The number of nitrogens with zero attached hydrogens (tertiary/aromatic N) is 1. The van der Waals surface area contributed by atoms with Crippen molar-refractivity contribution in [3.63, 3.8) is 0 Å². The topological polar surface area (TPSA) is 41.6 Å². The number of carbonyl (C=O) groups is 1. The van der Waals surface area contributed by atoms with E-state index in [4.69, 9.17) is 4.74 Å². The molecule has 1 N–H and O–H groups in total. The Morgan fingerprint density at radius 3 is 2.65 bits per heavy atom. The van der Waals surface area contributed by atoms with Crippen molar-refractivity contribution in [3.05, 3.63) is 35.4 Å². The lowest BCUT2D eigenvalue weighted by molar-refractivity contribution is -0.150. The molecule has 1 saturated heterocycles. The zero-order valence-electron chi connectivity index (χ0n) is 11.4. The molecule has 6 heteroatoms. The van der Waals surface area contributed by atoms with Gasteiger partial charge in [-0.2, -0.15) is 0 Å². The van der Waals surface area contributed by atoms with E-state index in [1.807, 2.05) is 4.90 Å². The summed E-state index contributed by atoms with van der Waals surface area (Å²) < 4.78 is 31.5. The van der Waals surface area contributed by atoms with Crippen LogP contribution >= 0.6 is 0 Å². The van der Waals surface area contributed by atoms with Gasteiger partial charge in [0.15, 0.2) is 11.6 Å². The molecule has 1 fully saturated rings. The molecule has 1 atom stereocenters.